The van der Waals surface area contributed by atoms with Crippen LogP contribution in [0.5, 0.6) is 5.75 Å². The molecule has 0 aliphatic carbocycles. The molecule has 3 rings (SSSR count). The number of nitro groups is 2. The predicted molar refractivity (Wildman–Crippen MR) is 123 cm³/mol. The van der Waals surface area contributed by atoms with Gasteiger partial charge in [-0.05, 0) is 36.4 Å². The number of carbonyl (C=O) groups excluding carboxylic acids is 1. The molecule has 0 aliphatic rings. The summed E-state index contributed by atoms with van der Waals surface area (Å²) < 4.78 is 31.0. The molecule has 0 aliphatic heterocycles. The number of non-ortho nitro benzene ring substituents is 2. The molecule has 0 atom stereocenters. The lowest BCUT2D eigenvalue weighted by molar-refractivity contribution is -0.385. The highest BCUT2D eigenvalue weighted by molar-refractivity contribution is 9.10. The highest BCUT2D eigenvalue weighted by atomic mass is 79.9. The molecule has 3 aromatic carbocycles. The number of nitrogens with one attached hydrogen (secondary N) is 1. The quantitative estimate of drug-likeness (QED) is 0.191. The van der Waals surface area contributed by atoms with E-state index in [-0.39, 0.29) is 22.6 Å². The van der Waals surface area contributed by atoms with Crippen LogP contribution in [0.2, 0.25) is 0 Å². The van der Waals surface area contributed by atoms with Gasteiger partial charge in [-0.1, -0.05) is 22.0 Å². The van der Waals surface area contributed by atoms with Gasteiger partial charge in [-0.25, -0.2) is 5.43 Å². The first kappa shape index (κ1) is 24.5. The van der Waals surface area contributed by atoms with Crippen LogP contribution in [-0.4, -0.2) is 30.4 Å². The summed E-state index contributed by atoms with van der Waals surface area (Å²) in [7, 11) is -4.42. The Kier molecular flexibility index (Phi) is 7.33. The number of hydrogen-bond acceptors (Lipinski definition) is 9. The highest BCUT2D eigenvalue weighted by Gasteiger charge is 2.21. The molecule has 0 bridgehead atoms. The average Bonchev–Trinajstić information content (AvgIpc) is 2.80. The topological polar surface area (TPSA) is 171 Å². The minimum atomic E-state index is -4.42. The Morgan fingerprint density at radius 1 is 0.971 bits per heavy atom. The summed E-state index contributed by atoms with van der Waals surface area (Å²) in [6, 6.07) is 13.5. The van der Waals surface area contributed by atoms with Gasteiger partial charge in [0.1, 0.15) is 4.90 Å². The maximum Gasteiger partial charge on any atom is 0.339 e. The van der Waals surface area contributed by atoms with Gasteiger partial charge in [0.15, 0.2) is 5.75 Å². The van der Waals surface area contributed by atoms with Crippen molar-refractivity contribution in [3.05, 3.63) is 103 Å². The molecule has 3 aromatic rings. The maximum absolute atomic E-state index is 12.6. The molecule has 1 amide bonds. The second-order valence-electron chi connectivity index (χ2n) is 6.48. The van der Waals surface area contributed by atoms with E-state index in [1.807, 2.05) is 0 Å². The predicted octanol–water partition coefficient (Wildman–Crippen LogP) is 3.80. The van der Waals surface area contributed by atoms with Crippen molar-refractivity contribution < 1.29 is 27.2 Å². The number of rotatable bonds is 8. The molecule has 0 fully saturated rings. The molecule has 12 nitrogen and oxygen atoms in total. The van der Waals surface area contributed by atoms with Crippen LogP contribution in [0.3, 0.4) is 0 Å². The first-order chi connectivity index (χ1) is 16.1. The highest BCUT2D eigenvalue weighted by Crippen LogP contribution is 2.26. The molecule has 34 heavy (non-hydrogen) atoms. The number of nitro benzene ring substituents is 2. The normalized spacial score (nSPS) is 11.2. The third kappa shape index (κ3) is 5.99. The van der Waals surface area contributed by atoms with Crippen molar-refractivity contribution in [2.24, 2.45) is 5.10 Å². The van der Waals surface area contributed by atoms with Crippen molar-refractivity contribution in [2.75, 3.05) is 0 Å². The van der Waals surface area contributed by atoms with Crippen molar-refractivity contribution in [2.45, 2.75) is 4.90 Å². The third-order valence-electron chi connectivity index (χ3n) is 4.20. The molecular formula is C20H13BrN4O8S. The lowest BCUT2D eigenvalue weighted by Crippen LogP contribution is -2.17. The Bertz CT molecular complexity index is 1410. The van der Waals surface area contributed by atoms with Crippen LogP contribution in [0.1, 0.15) is 15.9 Å². The Labute approximate surface area is 200 Å². The number of hydrogen-bond donors (Lipinski definition) is 1. The van der Waals surface area contributed by atoms with Crippen LogP contribution in [-0.2, 0) is 10.1 Å². The van der Waals surface area contributed by atoms with E-state index in [2.05, 4.69) is 26.5 Å². The minimum absolute atomic E-state index is 0.113. The Morgan fingerprint density at radius 2 is 1.65 bits per heavy atom. The smallest absolute Gasteiger partial charge is 0.339 e. The van der Waals surface area contributed by atoms with Gasteiger partial charge in [0.25, 0.3) is 17.3 Å². The first-order valence-electron chi connectivity index (χ1n) is 9.13. The van der Waals surface area contributed by atoms with Gasteiger partial charge < -0.3 is 4.18 Å². The lowest BCUT2D eigenvalue weighted by atomic mass is 10.2. The molecule has 0 saturated carbocycles. The van der Waals surface area contributed by atoms with Crippen LogP contribution in [0, 0.1) is 20.2 Å². The fourth-order valence-electron chi connectivity index (χ4n) is 2.57. The molecule has 0 spiro atoms. The number of nitrogens with zero attached hydrogens (tertiary/aromatic N) is 3. The fraction of sp³-hybridized carbons (Fsp3) is 0. The van der Waals surface area contributed by atoms with Gasteiger partial charge in [0.2, 0.25) is 0 Å². The molecule has 0 aromatic heterocycles. The van der Waals surface area contributed by atoms with E-state index in [4.69, 9.17) is 4.18 Å². The van der Waals surface area contributed by atoms with Crippen molar-refractivity contribution in [1.82, 2.24) is 5.43 Å². The van der Waals surface area contributed by atoms with Gasteiger partial charge in [0, 0.05) is 39.9 Å². The summed E-state index contributed by atoms with van der Waals surface area (Å²) in [6.45, 7) is 0. The van der Waals surface area contributed by atoms with Gasteiger partial charge in [0.05, 0.1) is 16.1 Å². The number of amides is 1. The summed E-state index contributed by atoms with van der Waals surface area (Å²) >= 11 is 3.24. The zero-order chi connectivity index (χ0) is 24.9. The van der Waals surface area contributed by atoms with E-state index in [0.29, 0.717) is 4.47 Å². The van der Waals surface area contributed by atoms with Crippen molar-refractivity contribution in [3.8, 4) is 5.75 Å². The average molecular weight is 549 g/mol. The van der Waals surface area contributed by atoms with Crippen molar-refractivity contribution in [1.29, 1.82) is 0 Å². The van der Waals surface area contributed by atoms with E-state index in [1.54, 1.807) is 0 Å². The Balaban J connectivity index is 1.80. The third-order valence-corrected chi connectivity index (χ3v) is 5.92. The van der Waals surface area contributed by atoms with Crippen molar-refractivity contribution >= 4 is 49.5 Å². The van der Waals surface area contributed by atoms with E-state index >= 15 is 0 Å². The molecule has 1 N–H and O–H groups in total. The van der Waals surface area contributed by atoms with Crippen LogP contribution in [0.15, 0.2) is 81.2 Å². The first-order valence-corrected chi connectivity index (χ1v) is 11.3. The molecule has 14 heteroatoms. The summed E-state index contributed by atoms with van der Waals surface area (Å²) in [5, 5.41) is 25.4. The zero-order valence-corrected chi connectivity index (χ0v) is 19.2. The van der Waals surface area contributed by atoms with Gasteiger partial charge in [-0.3, -0.25) is 25.0 Å². The number of halogens is 1. The number of hydrazone groups is 1. The monoisotopic (exact) mass is 548 g/mol. The fourth-order valence-corrected chi connectivity index (χ4v) is 3.95. The van der Waals surface area contributed by atoms with Crippen molar-refractivity contribution in [3.63, 3.8) is 0 Å². The van der Waals surface area contributed by atoms with E-state index in [1.165, 1.54) is 36.4 Å². The molecule has 0 saturated heterocycles. The molecular weight excluding hydrogens is 536 g/mol. The summed E-state index contributed by atoms with van der Waals surface area (Å²) in [5.74, 6) is -0.809. The van der Waals surface area contributed by atoms with E-state index in [9.17, 15) is 33.4 Å². The number of benzene rings is 3. The van der Waals surface area contributed by atoms with Crippen LogP contribution >= 0.6 is 15.9 Å². The van der Waals surface area contributed by atoms with Gasteiger partial charge in [-0.2, -0.15) is 13.5 Å². The second kappa shape index (κ2) is 10.2. The molecule has 0 heterocycles. The SMILES string of the molecule is O=C(N/N=C\c1cc(Br)ccc1OS(=O)(=O)c1cccc([N+](=O)[O-])c1)c1ccc([N+](=O)[O-])cc1. The van der Waals surface area contributed by atoms with E-state index < -0.39 is 36.5 Å². The Morgan fingerprint density at radius 3 is 2.29 bits per heavy atom. The largest absolute Gasteiger partial charge is 0.378 e. The maximum atomic E-state index is 12.6. The zero-order valence-electron chi connectivity index (χ0n) is 16.8. The van der Waals surface area contributed by atoms with Gasteiger partial charge >= 0.3 is 10.1 Å². The summed E-state index contributed by atoms with van der Waals surface area (Å²) in [4.78, 5) is 32.1. The van der Waals surface area contributed by atoms with Crippen LogP contribution in [0.25, 0.3) is 0 Å². The minimum Gasteiger partial charge on any atom is -0.378 e. The lowest BCUT2D eigenvalue weighted by Gasteiger charge is -2.10. The van der Waals surface area contributed by atoms with Gasteiger partial charge in [-0.15, -0.1) is 0 Å². The summed E-state index contributed by atoms with van der Waals surface area (Å²) in [5.41, 5.74) is 1.90. The van der Waals surface area contributed by atoms with E-state index in [0.717, 1.165) is 36.5 Å². The second-order valence-corrected chi connectivity index (χ2v) is 8.94. The standard InChI is InChI=1S/C20H13BrN4O8S/c21-15-6-9-19(33-34(31,32)18-3-1-2-17(11-18)25(29)30)14(10-15)12-22-23-20(26)13-4-7-16(8-5-13)24(27)28/h1-12H,(H,23,26)/b22-12-. The molecule has 174 valence electrons. The van der Waals surface area contributed by atoms with Crippen LogP contribution in [0.4, 0.5) is 11.4 Å². The molecule has 0 unspecified atom stereocenters. The number of carbonyl (C=O) groups is 1. The van der Waals surface area contributed by atoms with Crippen LogP contribution < -0.4 is 9.61 Å². The molecule has 0 radical (unpaired) electrons. The Hall–Kier alpha value is -4.17. The summed E-state index contributed by atoms with van der Waals surface area (Å²) in [6.07, 6.45) is 1.13.